The Balaban J connectivity index is 1.60. The molecule has 0 unspecified atom stereocenters. The van der Waals surface area contributed by atoms with Gasteiger partial charge in [-0.05, 0) is 35.9 Å². The maximum absolute atomic E-state index is 11.9. The third kappa shape index (κ3) is 3.58. The molecule has 5 nitrogen and oxygen atoms in total. The monoisotopic (exact) mass is 307 g/mol. The highest BCUT2D eigenvalue weighted by Gasteiger charge is 2.01. The molecule has 116 valence electrons. The molecule has 2 heterocycles. The molecule has 0 fully saturated rings. The van der Waals surface area contributed by atoms with Crippen LogP contribution in [-0.4, -0.2) is 22.4 Å². The van der Waals surface area contributed by atoms with Crippen LogP contribution in [0.5, 0.6) is 5.75 Å². The number of imidazole rings is 1. The summed E-state index contributed by atoms with van der Waals surface area (Å²) in [6, 6.07) is 13.4. The summed E-state index contributed by atoms with van der Waals surface area (Å²) < 4.78 is 7.03. The minimum atomic E-state index is -0.147. The fraction of sp³-hybridized carbons (Fsp3) is 0.111. The van der Waals surface area contributed by atoms with Crippen molar-refractivity contribution in [3.05, 3.63) is 72.2 Å². The average Bonchev–Trinajstić information content (AvgIpc) is 3.02. The van der Waals surface area contributed by atoms with Gasteiger partial charge in [0.25, 0.3) is 0 Å². The van der Waals surface area contributed by atoms with E-state index in [9.17, 15) is 4.79 Å². The molecule has 0 bridgehead atoms. The topological polar surface area (TPSA) is 55.6 Å². The number of hydrogen-bond acceptors (Lipinski definition) is 3. The first kappa shape index (κ1) is 14.8. The van der Waals surface area contributed by atoms with Crippen molar-refractivity contribution in [2.45, 2.75) is 6.54 Å². The number of rotatable bonds is 5. The Hall–Kier alpha value is -3.08. The predicted molar refractivity (Wildman–Crippen MR) is 89.1 cm³/mol. The van der Waals surface area contributed by atoms with Crippen LogP contribution in [0.3, 0.4) is 0 Å². The number of methoxy groups -OCH3 is 1. The summed E-state index contributed by atoms with van der Waals surface area (Å²) in [7, 11) is 1.63. The van der Waals surface area contributed by atoms with Gasteiger partial charge >= 0.3 is 0 Å². The lowest BCUT2D eigenvalue weighted by molar-refractivity contribution is -0.116. The van der Waals surface area contributed by atoms with Gasteiger partial charge in [-0.1, -0.05) is 18.2 Å². The number of hydrogen-bond donors (Lipinski definition) is 1. The molecule has 0 radical (unpaired) electrons. The molecule has 0 saturated heterocycles. The van der Waals surface area contributed by atoms with Crippen LogP contribution in [0.15, 0.2) is 60.9 Å². The molecule has 2 aromatic heterocycles. The standard InChI is InChI=1S/C18H17N3O2/c1-23-16-8-5-14(6-9-16)12-20-18(22)10-7-15-13-19-17-4-2-3-11-21(15)17/h2-11,13H,12H2,1H3,(H,20,22)/b10-7+. The molecule has 0 spiro atoms. The molecule has 0 aliphatic heterocycles. The zero-order valence-corrected chi connectivity index (χ0v) is 12.8. The van der Waals surface area contributed by atoms with E-state index in [4.69, 9.17) is 4.74 Å². The van der Waals surface area contributed by atoms with Crippen LogP contribution in [-0.2, 0) is 11.3 Å². The molecular weight excluding hydrogens is 290 g/mol. The van der Waals surface area contributed by atoms with Crippen molar-refractivity contribution in [3.63, 3.8) is 0 Å². The number of amides is 1. The van der Waals surface area contributed by atoms with E-state index in [2.05, 4.69) is 10.3 Å². The van der Waals surface area contributed by atoms with Gasteiger partial charge in [-0.25, -0.2) is 4.98 Å². The van der Waals surface area contributed by atoms with E-state index in [1.807, 2.05) is 53.1 Å². The van der Waals surface area contributed by atoms with E-state index in [0.717, 1.165) is 22.7 Å². The van der Waals surface area contributed by atoms with Crippen LogP contribution < -0.4 is 10.1 Å². The molecule has 1 aromatic carbocycles. The molecule has 3 aromatic rings. The van der Waals surface area contributed by atoms with Crippen molar-refractivity contribution < 1.29 is 9.53 Å². The van der Waals surface area contributed by atoms with Gasteiger partial charge in [0.05, 0.1) is 19.0 Å². The second-order valence-electron chi connectivity index (χ2n) is 5.01. The molecule has 5 heteroatoms. The summed E-state index contributed by atoms with van der Waals surface area (Å²) in [6.45, 7) is 0.473. The van der Waals surface area contributed by atoms with Crippen LogP contribution >= 0.6 is 0 Å². The summed E-state index contributed by atoms with van der Waals surface area (Å²) in [5.74, 6) is 0.652. The van der Waals surface area contributed by atoms with Gasteiger partial charge in [-0.3, -0.25) is 4.79 Å². The fourth-order valence-electron chi connectivity index (χ4n) is 2.23. The minimum Gasteiger partial charge on any atom is -0.497 e. The third-order valence-electron chi connectivity index (χ3n) is 3.48. The molecule has 23 heavy (non-hydrogen) atoms. The van der Waals surface area contributed by atoms with Crippen LogP contribution in [0.1, 0.15) is 11.3 Å². The summed E-state index contributed by atoms with van der Waals surface area (Å²) >= 11 is 0. The Morgan fingerprint density at radius 3 is 2.87 bits per heavy atom. The highest BCUT2D eigenvalue weighted by molar-refractivity contribution is 5.91. The van der Waals surface area contributed by atoms with E-state index in [-0.39, 0.29) is 5.91 Å². The SMILES string of the molecule is COc1ccc(CNC(=O)/C=C/c2cnc3ccccn23)cc1. The molecule has 1 amide bonds. The molecule has 0 saturated carbocycles. The third-order valence-corrected chi connectivity index (χ3v) is 3.48. The predicted octanol–water partition coefficient (Wildman–Crippen LogP) is 2.67. The highest BCUT2D eigenvalue weighted by atomic mass is 16.5. The minimum absolute atomic E-state index is 0.147. The zero-order chi connectivity index (χ0) is 16.1. The van der Waals surface area contributed by atoms with Crippen molar-refractivity contribution in [3.8, 4) is 5.75 Å². The number of carbonyl (C=O) groups is 1. The Labute approximate surface area is 134 Å². The molecule has 0 atom stereocenters. The van der Waals surface area contributed by atoms with Crippen LogP contribution in [0.25, 0.3) is 11.7 Å². The maximum atomic E-state index is 11.9. The van der Waals surface area contributed by atoms with Crippen molar-refractivity contribution in [2.75, 3.05) is 7.11 Å². The highest BCUT2D eigenvalue weighted by Crippen LogP contribution is 2.11. The van der Waals surface area contributed by atoms with E-state index >= 15 is 0 Å². The quantitative estimate of drug-likeness (QED) is 0.737. The second kappa shape index (κ2) is 6.79. The average molecular weight is 307 g/mol. The normalized spacial score (nSPS) is 11.0. The fourth-order valence-corrected chi connectivity index (χ4v) is 2.23. The van der Waals surface area contributed by atoms with Gasteiger partial charge in [-0.2, -0.15) is 0 Å². The van der Waals surface area contributed by atoms with Crippen LogP contribution in [0.4, 0.5) is 0 Å². The maximum Gasteiger partial charge on any atom is 0.244 e. The van der Waals surface area contributed by atoms with Crippen LogP contribution in [0, 0.1) is 0 Å². The summed E-state index contributed by atoms with van der Waals surface area (Å²) in [5, 5.41) is 2.85. The number of carbonyl (C=O) groups excluding carboxylic acids is 1. The first-order valence-corrected chi connectivity index (χ1v) is 7.27. The number of aromatic nitrogens is 2. The summed E-state index contributed by atoms with van der Waals surface area (Å²) in [6.07, 6.45) is 6.92. The lowest BCUT2D eigenvalue weighted by Crippen LogP contribution is -2.20. The lowest BCUT2D eigenvalue weighted by atomic mass is 10.2. The Morgan fingerprint density at radius 2 is 2.09 bits per heavy atom. The largest absolute Gasteiger partial charge is 0.497 e. The number of pyridine rings is 1. The number of ether oxygens (including phenoxy) is 1. The zero-order valence-electron chi connectivity index (χ0n) is 12.8. The smallest absolute Gasteiger partial charge is 0.244 e. The number of nitrogens with zero attached hydrogens (tertiary/aromatic N) is 2. The number of nitrogens with one attached hydrogen (secondary N) is 1. The van der Waals surface area contributed by atoms with Crippen molar-refractivity contribution in [1.82, 2.24) is 14.7 Å². The van der Waals surface area contributed by atoms with E-state index < -0.39 is 0 Å². The first-order valence-electron chi connectivity index (χ1n) is 7.27. The summed E-state index contributed by atoms with van der Waals surface area (Å²) in [4.78, 5) is 16.2. The van der Waals surface area contributed by atoms with E-state index in [1.54, 1.807) is 19.4 Å². The van der Waals surface area contributed by atoms with Gasteiger partial charge in [0.2, 0.25) is 5.91 Å². The molecule has 0 aliphatic carbocycles. The van der Waals surface area contributed by atoms with E-state index in [1.165, 1.54) is 6.08 Å². The molecular formula is C18H17N3O2. The molecule has 3 rings (SSSR count). The Kier molecular flexibility index (Phi) is 4.38. The Bertz CT molecular complexity index is 835. The second-order valence-corrected chi connectivity index (χ2v) is 5.01. The van der Waals surface area contributed by atoms with Crippen molar-refractivity contribution >= 4 is 17.6 Å². The van der Waals surface area contributed by atoms with Gasteiger partial charge in [0.1, 0.15) is 11.4 Å². The van der Waals surface area contributed by atoms with Gasteiger partial charge in [0.15, 0.2) is 0 Å². The first-order chi connectivity index (χ1) is 11.3. The Morgan fingerprint density at radius 1 is 1.26 bits per heavy atom. The molecule has 0 aliphatic rings. The molecule has 1 N–H and O–H groups in total. The summed E-state index contributed by atoms with van der Waals surface area (Å²) in [5.41, 5.74) is 2.73. The van der Waals surface area contributed by atoms with Crippen molar-refractivity contribution in [1.29, 1.82) is 0 Å². The van der Waals surface area contributed by atoms with Crippen LogP contribution in [0.2, 0.25) is 0 Å². The van der Waals surface area contributed by atoms with Gasteiger partial charge < -0.3 is 14.5 Å². The van der Waals surface area contributed by atoms with Gasteiger partial charge in [-0.15, -0.1) is 0 Å². The van der Waals surface area contributed by atoms with E-state index in [0.29, 0.717) is 6.54 Å². The van der Waals surface area contributed by atoms with Gasteiger partial charge in [0, 0.05) is 18.8 Å². The number of benzene rings is 1. The lowest BCUT2D eigenvalue weighted by Gasteiger charge is -2.04. The number of fused-ring (bicyclic) bond motifs is 1. The van der Waals surface area contributed by atoms with Crippen molar-refractivity contribution in [2.24, 2.45) is 0 Å².